The van der Waals surface area contributed by atoms with Crippen LogP contribution in [0.2, 0.25) is 0 Å². The highest BCUT2D eigenvalue weighted by Gasteiger charge is 2.34. The number of hydrogen-bond acceptors (Lipinski definition) is 3. The van der Waals surface area contributed by atoms with E-state index in [1.54, 1.807) is 6.26 Å². The van der Waals surface area contributed by atoms with E-state index < -0.39 is 10.8 Å². The Hall–Kier alpha value is -1.16. The molecule has 2 rings (SSSR count). The van der Waals surface area contributed by atoms with E-state index in [0.29, 0.717) is 6.42 Å². The minimum atomic E-state index is -1.05. The first-order valence-corrected chi connectivity index (χ1v) is 6.77. The van der Waals surface area contributed by atoms with Gasteiger partial charge in [-0.1, -0.05) is 25.1 Å². The first kappa shape index (κ1) is 11.3. The average molecular weight is 238 g/mol. The second-order valence-electron chi connectivity index (χ2n) is 4.08. The lowest BCUT2D eigenvalue weighted by atomic mass is 9.97. The van der Waals surface area contributed by atoms with Crippen molar-refractivity contribution >= 4 is 16.8 Å². The van der Waals surface area contributed by atoms with Crippen LogP contribution in [0, 0.1) is 5.92 Å². The van der Waals surface area contributed by atoms with Crippen LogP contribution in [-0.4, -0.2) is 16.4 Å². The monoisotopic (exact) mass is 238 g/mol. The Balaban J connectivity index is 2.40. The normalized spacial score (nSPS) is 26.5. The fourth-order valence-electron chi connectivity index (χ4n) is 2.02. The van der Waals surface area contributed by atoms with E-state index in [9.17, 15) is 9.00 Å². The van der Waals surface area contributed by atoms with E-state index in [2.05, 4.69) is 0 Å². The number of cyclic esters (lactones) is 1. The molecule has 3 atom stereocenters. The molecule has 0 aromatic heterocycles. The predicted molar refractivity (Wildman–Crippen MR) is 61.4 cm³/mol. The Bertz CT molecular complexity index is 442. The van der Waals surface area contributed by atoms with Crippen molar-refractivity contribution in [2.75, 3.05) is 6.26 Å². The van der Waals surface area contributed by atoms with Crippen molar-refractivity contribution < 1.29 is 13.7 Å². The lowest BCUT2D eigenvalue weighted by Gasteiger charge is -2.16. The van der Waals surface area contributed by atoms with Crippen LogP contribution in [0.4, 0.5) is 0 Å². The zero-order valence-electron chi connectivity index (χ0n) is 9.30. The van der Waals surface area contributed by atoms with Crippen LogP contribution in [-0.2, 0) is 20.3 Å². The number of carbonyl (C=O) groups is 1. The number of hydrogen-bond donors (Lipinski definition) is 0. The van der Waals surface area contributed by atoms with Gasteiger partial charge in [0.25, 0.3) is 0 Å². The SMILES string of the molecule is C[C@H]1CC(=O)O[C@H]1c1ccccc1S(C)=O. The summed E-state index contributed by atoms with van der Waals surface area (Å²) in [5, 5.41) is 0. The zero-order chi connectivity index (χ0) is 11.7. The molecule has 16 heavy (non-hydrogen) atoms. The van der Waals surface area contributed by atoms with Crippen molar-refractivity contribution in [3.05, 3.63) is 29.8 Å². The Morgan fingerprint density at radius 2 is 2.06 bits per heavy atom. The molecule has 1 aliphatic rings. The second kappa shape index (κ2) is 4.37. The number of benzene rings is 1. The zero-order valence-corrected chi connectivity index (χ0v) is 10.1. The van der Waals surface area contributed by atoms with E-state index in [1.807, 2.05) is 31.2 Å². The molecule has 1 aromatic rings. The van der Waals surface area contributed by atoms with Crippen LogP contribution in [0.25, 0.3) is 0 Å². The molecule has 0 spiro atoms. The largest absolute Gasteiger partial charge is 0.457 e. The van der Waals surface area contributed by atoms with Crippen LogP contribution in [0.1, 0.15) is 25.0 Å². The fourth-order valence-corrected chi connectivity index (χ4v) is 2.81. The van der Waals surface area contributed by atoms with Gasteiger partial charge >= 0.3 is 5.97 Å². The van der Waals surface area contributed by atoms with Gasteiger partial charge in [0.15, 0.2) is 0 Å². The Kier molecular flexibility index (Phi) is 3.10. The quantitative estimate of drug-likeness (QED) is 0.741. The van der Waals surface area contributed by atoms with Crippen LogP contribution >= 0.6 is 0 Å². The van der Waals surface area contributed by atoms with E-state index in [0.717, 1.165) is 10.5 Å². The summed E-state index contributed by atoms with van der Waals surface area (Å²) < 4.78 is 16.9. The highest BCUT2D eigenvalue weighted by Crippen LogP contribution is 2.37. The Labute approximate surface area is 97.3 Å². The molecule has 0 saturated carbocycles. The van der Waals surface area contributed by atoms with Crippen LogP contribution < -0.4 is 0 Å². The smallest absolute Gasteiger partial charge is 0.306 e. The van der Waals surface area contributed by atoms with Crippen LogP contribution in [0.3, 0.4) is 0 Å². The topological polar surface area (TPSA) is 43.4 Å². The highest BCUT2D eigenvalue weighted by atomic mass is 32.2. The van der Waals surface area contributed by atoms with Crippen LogP contribution in [0.5, 0.6) is 0 Å². The van der Waals surface area contributed by atoms with Crippen molar-refractivity contribution in [3.63, 3.8) is 0 Å². The second-order valence-corrected chi connectivity index (χ2v) is 5.43. The average Bonchev–Trinajstić information content (AvgIpc) is 2.57. The molecule has 1 heterocycles. The molecule has 4 heteroatoms. The van der Waals surface area contributed by atoms with Crippen molar-refractivity contribution in [1.82, 2.24) is 0 Å². The summed E-state index contributed by atoms with van der Waals surface area (Å²) in [6.45, 7) is 1.98. The van der Waals surface area contributed by atoms with Crippen molar-refractivity contribution in [2.45, 2.75) is 24.3 Å². The summed E-state index contributed by atoms with van der Waals surface area (Å²) in [5.41, 5.74) is 0.877. The molecule has 0 bridgehead atoms. The van der Waals surface area contributed by atoms with Gasteiger partial charge in [0, 0.05) is 22.6 Å². The third-order valence-corrected chi connectivity index (χ3v) is 3.79. The van der Waals surface area contributed by atoms with Crippen LogP contribution in [0.15, 0.2) is 29.2 Å². The Morgan fingerprint density at radius 1 is 1.38 bits per heavy atom. The first-order chi connectivity index (χ1) is 7.59. The molecule has 1 aliphatic heterocycles. The molecule has 1 aromatic carbocycles. The minimum absolute atomic E-state index is 0.150. The lowest BCUT2D eigenvalue weighted by Crippen LogP contribution is -2.08. The molecule has 0 radical (unpaired) electrons. The van der Waals surface area contributed by atoms with Gasteiger partial charge in [0.05, 0.1) is 17.2 Å². The van der Waals surface area contributed by atoms with Gasteiger partial charge in [-0.2, -0.15) is 0 Å². The maximum absolute atomic E-state index is 11.6. The van der Waals surface area contributed by atoms with Gasteiger partial charge in [-0.25, -0.2) is 0 Å². The van der Waals surface area contributed by atoms with Gasteiger partial charge in [-0.05, 0) is 6.07 Å². The Morgan fingerprint density at radius 3 is 2.62 bits per heavy atom. The number of esters is 1. The van der Waals surface area contributed by atoms with E-state index >= 15 is 0 Å². The summed E-state index contributed by atoms with van der Waals surface area (Å²) in [6.07, 6.45) is 1.84. The lowest BCUT2D eigenvalue weighted by molar-refractivity contribution is -0.141. The summed E-state index contributed by atoms with van der Waals surface area (Å²) in [4.78, 5) is 12.0. The molecule has 0 amide bonds. The molecule has 1 fully saturated rings. The molecule has 3 nitrogen and oxygen atoms in total. The third kappa shape index (κ3) is 2.02. The molecule has 0 N–H and O–H groups in total. The first-order valence-electron chi connectivity index (χ1n) is 5.21. The van der Waals surface area contributed by atoms with E-state index in [-0.39, 0.29) is 18.0 Å². The summed E-state index contributed by atoms with van der Waals surface area (Å²) in [5.74, 6) is -0.0219. The van der Waals surface area contributed by atoms with Crippen molar-refractivity contribution in [2.24, 2.45) is 5.92 Å². The molecular weight excluding hydrogens is 224 g/mol. The summed E-state index contributed by atoms with van der Waals surface area (Å²) in [6, 6.07) is 7.44. The fraction of sp³-hybridized carbons (Fsp3) is 0.417. The number of rotatable bonds is 2. The summed E-state index contributed by atoms with van der Waals surface area (Å²) >= 11 is 0. The van der Waals surface area contributed by atoms with E-state index in [1.165, 1.54) is 0 Å². The van der Waals surface area contributed by atoms with Crippen molar-refractivity contribution in [1.29, 1.82) is 0 Å². The highest BCUT2D eigenvalue weighted by molar-refractivity contribution is 7.84. The minimum Gasteiger partial charge on any atom is -0.457 e. The van der Waals surface area contributed by atoms with Crippen molar-refractivity contribution in [3.8, 4) is 0 Å². The van der Waals surface area contributed by atoms with Gasteiger partial charge in [-0.15, -0.1) is 0 Å². The molecular formula is C12H14O3S. The van der Waals surface area contributed by atoms with Gasteiger partial charge in [0.2, 0.25) is 0 Å². The van der Waals surface area contributed by atoms with Gasteiger partial charge in [0.1, 0.15) is 6.10 Å². The predicted octanol–water partition coefficient (Wildman–Crippen LogP) is 2.05. The molecule has 1 saturated heterocycles. The standard InChI is InChI=1S/C12H14O3S/c1-8-7-11(13)15-12(8)9-5-3-4-6-10(9)16(2)14/h3-6,8,12H,7H2,1-2H3/t8-,12+,16?/m0/s1. The molecule has 86 valence electrons. The summed E-state index contributed by atoms with van der Waals surface area (Å²) in [7, 11) is -1.05. The van der Waals surface area contributed by atoms with Gasteiger partial charge < -0.3 is 4.74 Å². The molecule has 0 aliphatic carbocycles. The maximum atomic E-state index is 11.6. The van der Waals surface area contributed by atoms with Gasteiger partial charge in [-0.3, -0.25) is 9.00 Å². The molecule has 1 unspecified atom stereocenters. The van der Waals surface area contributed by atoms with E-state index in [4.69, 9.17) is 4.74 Å². The number of carbonyl (C=O) groups excluding carboxylic acids is 1. The number of ether oxygens (including phenoxy) is 1. The third-order valence-electron chi connectivity index (χ3n) is 2.80. The maximum Gasteiger partial charge on any atom is 0.306 e.